The molecule has 0 spiro atoms. The first-order chi connectivity index (χ1) is 9.67. The predicted molar refractivity (Wildman–Crippen MR) is 85.1 cm³/mol. The molecule has 0 aromatic heterocycles. The summed E-state index contributed by atoms with van der Waals surface area (Å²) in [4.78, 5) is 0. The molecular formula is C17H26ClNO. The Morgan fingerprint density at radius 3 is 2.55 bits per heavy atom. The molecule has 2 unspecified atom stereocenters. The van der Waals surface area contributed by atoms with Gasteiger partial charge in [0.05, 0.1) is 12.7 Å². The minimum atomic E-state index is 0.289. The van der Waals surface area contributed by atoms with Crippen LogP contribution in [0.4, 0.5) is 0 Å². The summed E-state index contributed by atoms with van der Waals surface area (Å²) in [5, 5.41) is 4.41. The van der Waals surface area contributed by atoms with Crippen LogP contribution in [0, 0.1) is 5.41 Å². The summed E-state index contributed by atoms with van der Waals surface area (Å²) in [5.74, 6) is 0. The molecule has 0 aliphatic heterocycles. The van der Waals surface area contributed by atoms with Crippen LogP contribution in [0.5, 0.6) is 0 Å². The van der Waals surface area contributed by atoms with Crippen LogP contribution in [0.3, 0.4) is 0 Å². The van der Waals surface area contributed by atoms with Crippen molar-refractivity contribution in [1.82, 2.24) is 5.32 Å². The van der Waals surface area contributed by atoms with Crippen molar-refractivity contribution in [3.63, 3.8) is 0 Å². The van der Waals surface area contributed by atoms with E-state index >= 15 is 0 Å². The highest BCUT2D eigenvalue weighted by Gasteiger charge is 2.52. The van der Waals surface area contributed by atoms with Gasteiger partial charge in [-0.15, -0.1) is 0 Å². The number of rotatable bonds is 7. The lowest BCUT2D eigenvalue weighted by molar-refractivity contribution is -0.146. The highest BCUT2D eigenvalue weighted by atomic mass is 35.5. The lowest BCUT2D eigenvalue weighted by Gasteiger charge is -2.55. The number of nitrogens with one attached hydrogen (secondary N) is 1. The largest absolute Gasteiger partial charge is 0.373 e. The molecule has 1 aliphatic rings. The van der Waals surface area contributed by atoms with E-state index in [0.29, 0.717) is 18.8 Å². The van der Waals surface area contributed by atoms with Gasteiger partial charge >= 0.3 is 0 Å². The molecule has 0 saturated heterocycles. The summed E-state index contributed by atoms with van der Waals surface area (Å²) in [7, 11) is 0. The third-order valence-electron chi connectivity index (χ3n) is 4.95. The molecule has 0 amide bonds. The Bertz CT molecular complexity index is 431. The Kier molecular flexibility index (Phi) is 5.48. The van der Waals surface area contributed by atoms with Gasteiger partial charge in [0.1, 0.15) is 0 Å². The van der Waals surface area contributed by atoms with Gasteiger partial charge in [-0.25, -0.2) is 0 Å². The lowest BCUT2D eigenvalue weighted by atomic mass is 9.58. The second-order valence-corrected chi connectivity index (χ2v) is 6.08. The van der Waals surface area contributed by atoms with Gasteiger partial charge in [-0.1, -0.05) is 50.6 Å². The molecule has 0 bridgehead atoms. The van der Waals surface area contributed by atoms with Crippen molar-refractivity contribution < 1.29 is 4.74 Å². The van der Waals surface area contributed by atoms with Crippen molar-refractivity contribution >= 4 is 11.6 Å². The Hall–Kier alpha value is -0.570. The Balaban J connectivity index is 1.98. The fourth-order valence-corrected chi connectivity index (χ4v) is 3.71. The Morgan fingerprint density at radius 1 is 1.25 bits per heavy atom. The van der Waals surface area contributed by atoms with E-state index in [2.05, 4.69) is 26.1 Å². The average Bonchev–Trinajstić information content (AvgIpc) is 2.45. The minimum Gasteiger partial charge on any atom is -0.373 e. The van der Waals surface area contributed by atoms with Crippen molar-refractivity contribution in [2.24, 2.45) is 5.41 Å². The molecule has 0 heterocycles. The van der Waals surface area contributed by atoms with Gasteiger partial charge in [-0.2, -0.15) is 0 Å². The monoisotopic (exact) mass is 295 g/mol. The molecule has 3 heteroatoms. The SMILES string of the molecule is CCNC1CC(OCc2ccccc2Cl)C1(CC)CC. The molecule has 20 heavy (non-hydrogen) atoms. The molecule has 1 aromatic carbocycles. The van der Waals surface area contributed by atoms with E-state index in [-0.39, 0.29) is 5.41 Å². The van der Waals surface area contributed by atoms with Crippen LogP contribution < -0.4 is 5.32 Å². The molecule has 1 saturated carbocycles. The van der Waals surface area contributed by atoms with Gasteiger partial charge in [-0.05, 0) is 37.4 Å². The summed E-state index contributed by atoms with van der Waals surface area (Å²) >= 11 is 6.19. The molecule has 1 aliphatic carbocycles. The predicted octanol–water partition coefficient (Wildman–Crippen LogP) is 4.41. The van der Waals surface area contributed by atoms with Gasteiger partial charge in [-0.3, -0.25) is 0 Å². The van der Waals surface area contributed by atoms with Crippen molar-refractivity contribution in [3.05, 3.63) is 34.9 Å². The van der Waals surface area contributed by atoms with Gasteiger partial charge in [0.25, 0.3) is 0 Å². The van der Waals surface area contributed by atoms with Gasteiger partial charge in [0.2, 0.25) is 0 Å². The quantitative estimate of drug-likeness (QED) is 0.804. The molecular weight excluding hydrogens is 270 g/mol. The van der Waals surface area contributed by atoms with Crippen LogP contribution >= 0.6 is 11.6 Å². The van der Waals surface area contributed by atoms with Crippen LogP contribution in [0.2, 0.25) is 5.02 Å². The van der Waals surface area contributed by atoms with Crippen LogP contribution in [0.15, 0.2) is 24.3 Å². The third kappa shape index (κ3) is 2.88. The molecule has 112 valence electrons. The highest BCUT2D eigenvalue weighted by Crippen LogP contribution is 2.49. The normalized spacial score (nSPS) is 24.4. The zero-order chi connectivity index (χ0) is 14.6. The summed E-state index contributed by atoms with van der Waals surface area (Å²) < 4.78 is 6.19. The van der Waals surface area contributed by atoms with Crippen LogP contribution in [-0.4, -0.2) is 18.7 Å². The van der Waals surface area contributed by atoms with Gasteiger partial charge < -0.3 is 10.1 Å². The number of hydrogen-bond acceptors (Lipinski definition) is 2. The Labute approximate surface area is 127 Å². The molecule has 2 atom stereocenters. The summed E-state index contributed by atoms with van der Waals surface area (Å²) in [6.45, 7) is 8.38. The number of hydrogen-bond donors (Lipinski definition) is 1. The fourth-order valence-electron chi connectivity index (χ4n) is 3.52. The number of ether oxygens (including phenoxy) is 1. The van der Waals surface area contributed by atoms with Crippen molar-refractivity contribution in [2.45, 2.75) is 58.8 Å². The van der Waals surface area contributed by atoms with E-state index in [1.165, 1.54) is 0 Å². The standard InChI is InChI=1S/C17H26ClNO/c1-4-17(5-2)15(19-6-3)11-16(17)20-12-13-9-7-8-10-14(13)18/h7-10,15-16,19H,4-6,11-12H2,1-3H3. The van der Waals surface area contributed by atoms with E-state index in [1.807, 2.05) is 24.3 Å². The third-order valence-corrected chi connectivity index (χ3v) is 5.32. The van der Waals surface area contributed by atoms with Crippen LogP contribution in [0.1, 0.15) is 45.6 Å². The lowest BCUT2D eigenvalue weighted by Crippen LogP contribution is -2.63. The molecule has 1 fully saturated rings. The van der Waals surface area contributed by atoms with Crippen LogP contribution in [-0.2, 0) is 11.3 Å². The van der Waals surface area contributed by atoms with Gasteiger partial charge in [0.15, 0.2) is 0 Å². The van der Waals surface area contributed by atoms with E-state index in [0.717, 1.165) is 36.4 Å². The van der Waals surface area contributed by atoms with E-state index in [4.69, 9.17) is 16.3 Å². The first kappa shape index (κ1) is 15.8. The first-order valence-corrected chi connectivity index (χ1v) is 8.14. The summed E-state index contributed by atoms with van der Waals surface area (Å²) in [6, 6.07) is 8.54. The van der Waals surface area contributed by atoms with Crippen molar-refractivity contribution in [3.8, 4) is 0 Å². The van der Waals surface area contributed by atoms with Crippen molar-refractivity contribution in [1.29, 1.82) is 0 Å². The molecule has 1 N–H and O–H groups in total. The summed E-state index contributed by atoms with van der Waals surface area (Å²) in [6.07, 6.45) is 3.78. The number of halogens is 1. The summed E-state index contributed by atoms with van der Waals surface area (Å²) in [5.41, 5.74) is 1.37. The molecule has 2 rings (SSSR count). The zero-order valence-corrected chi connectivity index (χ0v) is 13.5. The zero-order valence-electron chi connectivity index (χ0n) is 12.8. The second-order valence-electron chi connectivity index (χ2n) is 5.68. The van der Waals surface area contributed by atoms with Crippen molar-refractivity contribution in [2.75, 3.05) is 6.54 Å². The maximum Gasteiger partial charge on any atom is 0.0735 e. The van der Waals surface area contributed by atoms with Crippen LogP contribution in [0.25, 0.3) is 0 Å². The van der Waals surface area contributed by atoms with E-state index in [9.17, 15) is 0 Å². The smallest absolute Gasteiger partial charge is 0.0735 e. The molecule has 2 nitrogen and oxygen atoms in total. The first-order valence-electron chi connectivity index (χ1n) is 7.76. The van der Waals surface area contributed by atoms with Gasteiger partial charge in [0, 0.05) is 16.5 Å². The highest BCUT2D eigenvalue weighted by molar-refractivity contribution is 6.31. The Morgan fingerprint density at radius 2 is 1.95 bits per heavy atom. The maximum absolute atomic E-state index is 6.19. The van der Waals surface area contributed by atoms with E-state index < -0.39 is 0 Å². The van der Waals surface area contributed by atoms with E-state index in [1.54, 1.807) is 0 Å². The fraction of sp³-hybridized carbons (Fsp3) is 0.647. The molecule has 0 radical (unpaired) electrons. The molecule has 1 aromatic rings. The maximum atomic E-state index is 6.19. The average molecular weight is 296 g/mol. The topological polar surface area (TPSA) is 21.3 Å². The number of benzene rings is 1. The second kappa shape index (κ2) is 6.93. The minimum absolute atomic E-state index is 0.289.